The lowest BCUT2D eigenvalue weighted by molar-refractivity contribution is -0.138. The quantitative estimate of drug-likeness (QED) is 0.372. The molecule has 5 unspecified atom stereocenters. The first-order chi connectivity index (χ1) is 5.20. The lowest BCUT2D eigenvalue weighted by atomic mass is 9.98. The summed E-state index contributed by atoms with van der Waals surface area (Å²) in [7, 11) is 0. The Morgan fingerprint density at radius 2 is 2.00 bits per heavy atom. The third kappa shape index (κ3) is 0.969. The third-order valence-electron chi connectivity index (χ3n) is 2.27. The summed E-state index contributed by atoms with van der Waals surface area (Å²) in [5, 5.41) is 9.42. The van der Waals surface area contributed by atoms with Gasteiger partial charge in [0.05, 0.1) is 24.8 Å². The number of aliphatic hydroxyl groups excluding tert-OH is 1. The third-order valence-corrected chi connectivity index (χ3v) is 2.27. The molecule has 11 heavy (non-hydrogen) atoms. The Kier molecular flexibility index (Phi) is 1.62. The fraction of sp³-hybridized carbons (Fsp3) is 1.00. The van der Waals surface area contributed by atoms with Gasteiger partial charge in [0, 0.05) is 0 Å². The molecular weight excluding hydrogens is 148 g/mol. The van der Waals surface area contributed by atoms with Crippen LogP contribution in [0, 0.1) is 0 Å². The van der Waals surface area contributed by atoms with E-state index in [0.29, 0.717) is 6.61 Å². The zero-order valence-electron chi connectivity index (χ0n) is 6.01. The summed E-state index contributed by atoms with van der Waals surface area (Å²) < 4.78 is 10.4. The van der Waals surface area contributed by atoms with E-state index in [0.717, 1.165) is 0 Å². The fourth-order valence-electron chi connectivity index (χ4n) is 1.48. The van der Waals surface area contributed by atoms with Crippen LogP contribution in [0.4, 0.5) is 0 Å². The first-order valence-electron chi connectivity index (χ1n) is 3.66. The molecule has 2 bridgehead atoms. The van der Waals surface area contributed by atoms with Gasteiger partial charge in [-0.25, -0.2) is 0 Å². The molecule has 5 N–H and O–H groups in total. The predicted molar refractivity (Wildman–Crippen MR) is 36.6 cm³/mol. The molecule has 0 aromatic heterocycles. The molecule has 5 nitrogen and oxygen atoms in total. The van der Waals surface area contributed by atoms with Gasteiger partial charge in [0.25, 0.3) is 0 Å². The van der Waals surface area contributed by atoms with Gasteiger partial charge in [-0.05, 0) is 0 Å². The van der Waals surface area contributed by atoms with Crippen LogP contribution in [0.1, 0.15) is 0 Å². The van der Waals surface area contributed by atoms with Crippen LogP contribution in [0.3, 0.4) is 0 Å². The van der Waals surface area contributed by atoms with E-state index in [2.05, 4.69) is 0 Å². The summed E-state index contributed by atoms with van der Waals surface area (Å²) >= 11 is 0. The van der Waals surface area contributed by atoms with Crippen LogP contribution in [0.5, 0.6) is 0 Å². The van der Waals surface area contributed by atoms with E-state index in [1.807, 2.05) is 0 Å². The van der Waals surface area contributed by atoms with Crippen LogP contribution >= 0.6 is 0 Å². The Labute approximate surface area is 64.3 Å². The summed E-state index contributed by atoms with van der Waals surface area (Å²) in [4.78, 5) is 0. The van der Waals surface area contributed by atoms with E-state index in [-0.39, 0.29) is 6.10 Å². The highest BCUT2D eigenvalue weighted by molar-refractivity contribution is 4.97. The van der Waals surface area contributed by atoms with Crippen molar-refractivity contribution < 1.29 is 14.6 Å². The maximum atomic E-state index is 9.42. The lowest BCUT2D eigenvalue weighted by Crippen LogP contribution is -2.60. The molecule has 5 atom stereocenters. The first kappa shape index (κ1) is 7.45. The molecule has 2 heterocycles. The highest BCUT2D eigenvalue weighted by Crippen LogP contribution is 2.25. The van der Waals surface area contributed by atoms with Crippen molar-refractivity contribution in [2.75, 3.05) is 6.61 Å². The van der Waals surface area contributed by atoms with Crippen molar-refractivity contribution in [2.45, 2.75) is 30.6 Å². The highest BCUT2D eigenvalue weighted by atomic mass is 16.7. The van der Waals surface area contributed by atoms with Crippen molar-refractivity contribution in [3.63, 3.8) is 0 Å². The SMILES string of the molecule is NC1C2COC(O2)C(N)C1O. The molecule has 2 fully saturated rings. The molecule has 0 aromatic carbocycles. The molecule has 2 saturated heterocycles. The number of fused-ring (bicyclic) bond motifs is 2. The molecule has 0 amide bonds. The molecule has 0 spiro atoms. The molecule has 2 rings (SSSR count). The number of hydrogen-bond acceptors (Lipinski definition) is 5. The molecule has 0 radical (unpaired) electrons. The van der Waals surface area contributed by atoms with Crippen molar-refractivity contribution in [2.24, 2.45) is 11.5 Å². The van der Waals surface area contributed by atoms with Crippen LogP contribution < -0.4 is 11.5 Å². The zero-order chi connectivity index (χ0) is 8.01. The van der Waals surface area contributed by atoms with Crippen LogP contribution in [-0.4, -0.2) is 42.3 Å². The Balaban J connectivity index is 2.16. The van der Waals surface area contributed by atoms with Crippen LogP contribution in [0.2, 0.25) is 0 Å². The van der Waals surface area contributed by atoms with Crippen molar-refractivity contribution in [1.82, 2.24) is 0 Å². The van der Waals surface area contributed by atoms with Gasteiger partial charge in [-0.2, -0.15) is 0 Å². The van der Waals surface area contributed by atoms with E-state index in [9.17, 15) is 5.11 Å². The zero-order valence-corrected chi connectivity index (χ0v) is 6.01. The summed E-state index contributed by atoms with van der Waals surface area (Å²) in [5.74, 6) is 0. The van der Waals surface area contributed by atoms with E-state index in [4.69, 9.17) is 20.9 Å². The van der Waals surface area contributed by atoms with Gasteiger partial charge in [-0.1, -0.05) is 0 Å². The van der Waals surface area contributed by atoms with Gasteiger partial charge in [-0.3, -0.25) is 0 Å². The van der Waals surface area contributed by atoms with Crippen molar-refractivity contribution >= 4 is 0 Å². The van der Waals surface area contributed by atoms with Crippen molar-refractivity contribution in [1.29, 1.82) is 0 Å². The van der Waals surface area contributed by atoms with Crippen LogP contribution in [0.15, 0.2) is 0 Å². The number of rotatable bonds is 0. The first-order valence-corrected chi connectivity index (χ1v) is 3.66. The van der Waals surface area contributed by atoms with Gasteiger partial charge in [-0.15, -0.1) is 0 Å². The summed E-state index contributed by atoms with van der Waals surface area (Å²) in [6.45, 7) is 0.441. The van der Waals surface area contributed by atoms with Crippen molar-refractivity contribution in [3.05, 3.63) is 0 Å². The highest BCUT2D eigenvalue weighted by Gasteiger charge is 2.46. The van der Waals surface area contributed by atoms with Crippen molar-refractivity contribution in [3.8, 4) is 0 Å². The minimum atomic E-state index is -0.707. The minimum absolute atomic E-state index is 0.185. The Hall–Kier alpha value is -0.200. The summed E-state index contributed by atoms with van der Waals surface area (Å²) in [5.41, 5.74) is 11.2. The summed E-state index contributed by atoms with van der Waals surface area (Å²) in [6.07, 6.45) is -1.36. The van der Waals surface area contributed by atoms with Gasteiger partial charge in [0.2, 0.25) is 0 Å². The second-order valence-electron chi connectivity index (χ2n) is 3.02. The average molecular weight is 160 g/mol. The van der Waals surface area contributed by atoms with Crippen LogP contribution in [0.25, 0.3) is 0 Å². The molecule has 64 valence electrons. The normalized spacial score (nSPS) is 56.5. The maximum absolute atomic E-state index is 9.42. The molecule has 0 aliphatic carbocycles. The summed E-state index contributed by atoms with van der Waals surface area (Å²) in [6, 6.07) is -0.924. The molecular formula is C6H12N2O3. The average Bonchev–Trinajstić information content (AvgIpc) is 2.44. The maximum Gasteiger partial charge on any atom is 0.175 e. The number of hydrogen-bond donors (Lipinski definition) is 3. The second-order valence-corrected chi connectivity index (χ2v) is 3.02. The topological polar surface area (TPSA) is 90.7 Å². The predicted octanol–water partition coefficient (Wildman–Crippen LogP) is -2.24. The second kappa shape index (κ2) is 2.40. The number of nitrogens with two attached hydrogens (primary N) is 2. The van der Waals surface area contributed by atoms with E-state index in [1.165, 1.54) is 0 Å². The minimum Gasteiger partial charge on any atom is -0.390 e. The van der Waals surface area contributed by atoms with E-state index < -0.39 is 24.5 Å². The molecule has 0 saturated carbocycles. The molecule has 2 aliphatic heterocycles. The van der Waals surface area contributed by atoms with Crippen LogP contribution in [-0.2, 0) is 9.47 Å². The molecule has 0 aromatic rings. The largest absolute Gasteiger partial charge is 0.390 e. The van der Waals surface area contributed by atoms with Gasteiger partial charge in [0.1, 0.15) is 6.10 Å². The Morgan fingerprint density at radius 3 is 2.73 bits per heavy atom. The Bertz CT molecular complexity index is 146. The smallest absolute Gasteiger partial charge is 0.175 e. The number of ether oxygens (including phenoxy) is 2. The Morgan fingerprint density at radius 1 is 1.27 bits per heavy atom. The molecule has 5 heteroatoms. The van der Waals surface area contributed by atoms with E-state index >= 15 is 0 Å². The van der Waals surface area contributed by atoms with Gasteiger partial charge in [0.15, 0.2) is 6.29 Å². The van der Waals surface area contributed by atoms with E-state index in [1.54, 1.807) is 0 Å². The molecule has 2 aliphatic rings. The fourth-order valence-corrected chi connectivity index (χ4v) is 1.48. The number of aliphatic hydroxyl groups is 1. The van der Waals surface area contributed by atoms with Gasteiger partial charge >= 0.3 is 0 Å². The lowest BCUT2D eigenvalue weighted by Gasteiger charge is -2.33. The van der Waals surface area contributed by atoms with Gasteiger partial charge < -0.3 is 26.0 Å². The monoisotopic (exact) mass is 160 g/mol. The standard InChI is InChI=1S/C6H12N2O3/c7-3-2-1-10-6(11-2)4(8)5(3)9/h2-6,9H,1,7-8H2.